The molecule has 1 aliphatic heterocycles. The fourth-order valence-electron chi connectivity index (χ4n) is 1.91. The maximum absolute atomic E-state index is 9.06. The van der Waals surface area contributed by atoms with Gasteiger partial charge in [0.1, 0.15) is 0 Å². The first-order valence-electron chi connectivity index (χ1n) is 4.66. The molecule has 12 heavy (non-hydrogen) atoms. The molecule has 1 unspecified atom stereocenters. The summed E-state index contributed by atoms with van der Waals surface area (Å²) >= 11 is 0. The largest absolute Gasteiger partial charge is 0.395 e. The molecule has 0 saturated carbocycles. The molecule has 1 aliphatic rings. The second-order valence-corrected chi connectivity index (χ2v) is 4.21. The van der Waals surface area contributed by atoms with Gasteiger partial charge in [-0.3, -0.25) is 4.90 Å². The van der Waals surface area contributed by atoms with Crippen molar-refractivity contribution in [3.63, 3.8) is 0 Å². The third kappa shape index (κ3) is 1.97. The molecule has 1 heterocycles. The van der Waals surface area contributed by atoms with Gasteiger partial charge >= 0.3 is 0 Å². The summed E-state index contributed by atoms with van der Waals surface area (Å²) in [5, 5.41) is 12.4. The Bertz CT molecular complexity index is 147. The summed E-state index contributed by atoms with van der Waals surface area (Å²) in [5.74, 6) is 0. The highest BCUT2D eigenvalue weighted by Crippen LogP contribution is 2.18. The van der Waals surface area contributed by atoms with Crippen molar-refractivity contribution in [1.29, 1.82) is 0 Å². The zero-order chi connectivity index (χ0) is 9.19. The van der Waals surface area contributed by atoms with Crippen LogP contribution in [0.3, 0.4) is 0 Å². The molecule has 3 heteroatoms. The monoisotopic (exact) mass is 172 g/mol. The van der Waals surface area contributed by atoms with Gasteiger partial charge in [-0.15, -0.1) is 0 Å². The van der Waals surface area contributed by atoms with Crippen molar-refractivity contribution in [2.24, 2.45) is 0 Å². The zero-order valence-corrected chi connectivity index (χ0v) is 8.30. The maximum Gasteiger partial charge on any atom is 0.0584 e. The molecule has 0 radical (unpaired) electrons. The van der Waals surface area contributed by atoms with Crippen LogP contribution in [0.1, 0.15) is 20.8 Å². The number of nitrogens with zero attached hydrogens (tertiary/aromatic N) is 1. The zero-order valence-electron chi connectivity index (χ0n) is 8.30. The van der Waals surface area contributed by atoms with E-state index >= 15 is 0 Å². The van der Waals surface area contributed by atoms with Crippen LogP contribution in [0.25, 0.3) is 0 Å². The van der Waals surface area contributed by atoms with Gasteiger partial charge < -0.3 is 10.4 Å². The highest BCUT2D eigenvalue weighted by Gasteiger charge is 2.32. The van der Waals surface area contributed by atoms with Gasteiger partial charge in [0.15, 0.2) is 0 Å². The summed E-state index contributed by atoms with van der Waals surface area (Å²) in [5.41, 5.74) is 0.181. The van der Waals surface area contributed by atoms with E-state index in [0.717, 1.165) is 19.6 Å². The smallest absolute Gasteiger partial charge is 0.0584 e. The molecular formula is C9H20N2O. The number of piperazine rings is 1. The molecule has 0 amide bonds. The van der Waals surface area contributed by atoms with E-state index < -0.39 is 0 Å². The van der Waals surface area contributed by atoms with E-state index in [1.54, 1.807) is 0 Å². The van der Waals surface area contributed by atoms with Crippen LogP contribution in [0.15, 0.2) is 0 Å². The van der Waals surface area contributed by atoms with E-state index in [2.05, 4.69) is 31.0 Å². The van der Waals surface area contributed by atoms with Gasteiger partial charge in [-0.1, -0.05) is 0 Å². The molecular weight excluding hydrogens is 152 g/mol. The van der Waals surface area contributed by atoms with Crippen molar-refractivity contribution in [1.82, 2.24) is 10.2 Å². The van der Waals surface area contributed by atoms with E-state index in [9.17, 15) is 0 Å². The lowest BCUT2D eigenvalue weighted by atomic mass is 9.98. The summed E-state index contributed by atoms with van der Waals surface area (Å²) in [6.45, 7) is 9.84. The van der Waals surface area contributed by atoms with Gasteiger partial charge in [0.2, 0.25) is 0 Å². The van der Waals surface area contributed by atoms with Crippen LogP contribution in [-0.4, -0.2) is 47.8 Å². The topological polar surface area (TPSA) is 35.5 Å². The minimum Gasteiger partial charge on any atom is -0.395 e. The van der Waals surface area contributed by atoms with Crippen molar-refractivity contribution >= 4 is 0 Å². The van der Waals surface area contributed by atoms with Crippen LogP contribution in [0.2, 0.25) is 0 Å². The van der Waals surface area contributed by atoms with E-state index in [1.807, 2.05) is 0 Å². The Morgan fingerprint density at radius 2 is 2.25 bits per heavy atom. The first-order valence-corrected chi connectivity index (χ1v) is 4.66. The number of nitrogens with one attached hydrogen (secondary N) is 1. The van der Waals surface area contributed by atoms with Crippen LogP contribution in [0.4, 0.5) is 0 Å². The summed E-state index contributed by atoms with van der Waals surface area (Å²) in [4.78, 5) is 2.36. The predicted octanol–water partition coefficient (Wildman–Crippen LogP) is 0.0510. The van der Waals surface area contributed by atoms with Gasteiger partial charge in [0.25, 0.3) is 0 Å². The summed E-state index contributed by atoms with van der Waals surface area (Å²) in [7, 11) is 0. The maximum atomic E-state index is 9.06. The Kier molecular flexibility index (Phi) is 3.09. The number of rotatable bonds is 2. The quantitative estimate of drug-likeness (QED) is 0.618. The molecule has 0 aromatic rings. The lowest BCUT2D eigenvalue weighted by Crippen LogP contribution is -2.61. The van der Waals surface area contributed by atoms with Crippen LogP contribution < -0.4 is 5.32 Å². The molecule has 0 aromatic heterocycles. The Morgan fingerprint density at radius 1 is 1.58 bits per heavy atom. The van der Waals surface area contributed by atoms with Crippen molar-refractivity contribution < 1.29 is 5.11 Å². The third-order valence-corrected chi connectivity index (χ3v) is 2.66. The molecule has 3 nitrogen and oxygen atoms in total. The van der Waals surface area contributed by atoms with Crippen LogP contribution in [0, 0.1) is 0 Å². The highest BCUT2D eigenvalue weighted by molar-refractivity contribution is 4.90. The second-order valence-electron chi connectivity index (χ2n) is 4.21. The molecule has 1 atom stereocenters. The number of aliphatic hydroxyl groups excluding tert-OH is 1. The molecule has 1 rings (SSSR count). The van der Waals surface area contributed by atoms with Gasteiger partial charge in [-0.25, -0.2) is 0 Å². The SMILES string of the molecule is CC(CO)N1CCNCC1(C)C. The molecule has 1 fully saturated rings. The van der Waals surface area contributed by atoms with E-state index in [1.165, 1.54) is 0 Å². The van der Waals surface area contributed by atoms with Crippen molar-refractivity contribution in [2.75, 3.05) is 26.2 Å². The third-order valence-electron chi connectivity index (χ3n) is 2.66. The molecule has 72 valence electrons. The van der Waals surface area contributed by atoms with Crippen molar-refractivity contribution in [3.05, 3.63) is 0 Å². The van der Waals surface area contributed by atoms with Crippen molar-refractivity contribution in [2.45, 2.75) is 32.4 Å². The Labute approximate surface area is 74.8 Å². The molecule has 0 aromatic carbocycles. The van der Waals surface area contributed by atoms with Gasteiger partial charge in [-0.05, 0) is 20.8 Å². The summed E-state index contributed by atoms with van der Waals surface area (Å²) < 4.78 is 0. The average Bonchev–Trinajstić information content (AvgIpc) is 2.02. The Balaban J connectivity index is 2.59. The van der Waals surface area contributed by atoms with Crippen LogP contribution >= 0.6 is 0 Å². The molecule has 1 saturated heterocycles. The molecule has 0 aliphatic carbocycles. The average molecular weight is 172 g/mol. The normalized spacial score (nSPS) is 27.0. The van der Waals surface area contributed by atoms with E-state index in [0.29, 0.717) is 0 Å². The van der Waals surface area contributed by atoms with E-state index in [-0.39, 0.29) is 18.2 Å². The first kappa shape index (κ1) is 9.96. The number of hydrogen-bond acceptors (Lipinski definition) is 3. The fourth-order valence-corrected chi connectivity index (χ4v) is 1.91. The van der Waals surface area contributed by atoms with Crippen LogP contribution in [0.5, 0.6) is 0 Å². The lowest BCUT2D eigenvalue weighted by molar-refractivity contribution is 0.0263. The lowest BCUT2D eigenvalue weighted by Gasteiger charge is -2.45. The number of aliphatic hydroxyl groups is 1. The fraction of sp³-hybridized carbons (Fsp3) is 1.00. The number of hydrogen-bond donors (Lipinski definition) is 2. The van der Waals surface area contributed by atoms with E-state index in [4.69, 9.17) is 5.11 Å². The second kappa shape index (κ2) is 3.73. The Morgan fingerprint density at radius 3 is 2.75 bits per heavy atom. The minimum absolute atomic E-state index is 0.181. The first-order chi connectivity index (χ1) is 5.58. The van der Waals surface area contributed by atoms with Gasteiger partial charge in [0, 0.05) is 31.2 Å². The molecule has 0 bridgehead atoms. The Hall–Kier alpha value is -0.120. The van der Waals surface area contributed by atoms with Gasteiger partial charge in [0.05, 0.1) is 6.61 Å². The minimum atomic E-state index is 0.181. The predicted molar refractivity (Wildman–Crippen MR) is 50.2 cm³/mol. The highest BCUT2D eigenvalue weighted by atomic mass is 16.3. The summed E-state index contributed by atoms with van der Waals surface area (Å²) in [6, 6.07) is 0.280. The standard InChI is InChI=1S/C9H20N2O/c1-8(6-12)11-5-4-10-7-9(11,2)3/h8,10,12H,4-7H2,1-3H3. The summed E-state index contributed by atoms with van der Waals surface area (Å²) in [6.07, 6.45) is 0. The van der Waals surface area contributed by atoms with Crippen molar-refractivity contribution in [3.8, 4) is 0 Å². The molecule has 0 spiro atoms. The molecule has 2 N–H and O–H groups in total. The van der Waals surface area contributed by atoms with Crippen LogP contribution in [-0.2, 0) is 0 Å². The van der Waals surface area contributed by atoms with Gasteiger partial charge in [-0.2, -0.15) is 0 Å².